The quantitative estimate of drug-likeness (QED) is 0.127. The molecule has 3 atom stereocenters. The second-order valence-corrected chi connectivity index (χ2v) is 14.6. The van der Waals surface area contributed by atoms with Gasteiger partial charge in [0.05, 0.1) is 12.7 Å². The first-order valence-electron chi connectivity index (χ1n) is 16.0. The summed E-state index contributed by atoms with van der Waals surface area (Å²) in [5.74, 6) is -3.00. The molecule has 53 heavy (non-hydrogen) atoms. The molecule has 4 heterocycles. The Hall–Kier alpha value is -5.73. The Labute approximate surface area is 301 Å². The number of ether oxygens (including phenoxy) is 5. The normalized spacial score (nSPS) is 20.2. The van der Waals surface area contributed by atoms with Crippen molar-refractivity contribution in [2.75, 3.05) is 12.4 Å². The number of hydrogen-bond acceptors (Lipinski definition) is 16. The molecule has 2 aliphatic rings. The molecule has 2 saturated heterocycles. The van der Waals surface area contributed by atoms with Gasteiger partial charge < -0.3 is 27.9 Å². The van der Waals surface area contributed by atoms with Gasteiger partial charge in [0.25, 0.3) is 5.43 Å². The van der Waals surface area contributed by atoms with Crippen LogP contribution < -0.4 is 25.6 Å². The van der Waals surface area contributed by atoms with Gasteiger partial charge >= 0.3 is 16.4 Å². The van der Waals surface area contributed by atoms with Crippen molar-refractivity contribution < 1.29 is 50.7 Å². The fourth-order valence-electron chi connectivity index (χ4n) is 5.77. The Balaban J connectivity index is 1.13. The molecule has 0 spiro atoms. The van der Waals surface area contributed by atoms with E-state index in [1.807, 2.05) is 0 Å². The lowest BCUT2D eigenvalue weighted by molar-refractivity contribution is -0.174. The van der Waals surface area contributed by atoms with E-state index in [4.69, 9.17) is 27.9 Å². The second-order valence-electron chi connectivity index (χ2n) is 13.3. The largest absolute Gasteiger partial charge is 0.492 e. The second kappa shape index (κ2) is 13.7. The van der Waals surface area contributed by atoms with Crippen LogP contribution in [0.3, 0.4) is 0 Å². The number of nitrogens with one attached hydrogen (secondary N) is 2. The number of hydrogen-bond donors (Lipinski definition) is 2. The number of Topliss-reactive ketones (excluding diaryl/α,β-unsaturated/α-hetero) is 1. The maximum Gasteiger partial charge on any atom is 0.413 e. The lowest BCUT2D eigenvalue weighted by Crippen LogP contribution is -2.34. The molecule has 4 aromatic rings. The van der Waals surface area contributed by atoms with Gasteiger partial charge in [-0.1, -0.05) is 24.3 Å². The number of ketones is 1. The Morgan fingerprint density at radius 2 is 1.77 bits per heavy atom. The van der Waals surface area contributed by atoms with Crippen molar-refractivity contribution in [3.8, 4) is 16.9 Å². The van der Waals surface area contributed by atoms with Crippen molar-refractivity contribution in [1.82, 2.24) is 24.2 Å². The molecule has 2 N–H and O–H groups in total. The van der Waals surface area contributed by atoms with Crippen LogP contribution >= 0.6 is 0 Å². The minimum absolute atomic E-state index is 0.0476. The van der Waals surface area contributed by atoms with Crippen LogP contribution in [0.5, 0.6) is 5.75 Å². The number of amides is 2. The Kier molecular flexibility index (Phi) is 9.56. The van der Waals surface area contributed by atoms with Crippen LogP contribution in [0.1, 0.15) is 64.0 Å². The summed E-state index contributed by atoms with van der Waals surface area (Å²) in [6.07, 6.45) is -1.29. The molecular formula is C33H34N6O13S. The highest BCUT2D eigenvalue weighted by atomic mass is 32.2. The number of aromatic nitrogens is 4. The summed E-state index contributed by atoms with van der Waals surface area (Å²) in [7, 11) is -3.56. The number of nitrogens with zero attached hydrogens (tertiary/aromatic N) is 4. The minimum atomic E-state index is -4.78. The van der Waals surface area contributed by atoms with E-state index >= 15 is 0 Å². The zero-order valence-corrected chi connectivity index (χ0v) is 30.0. The number of carbonyl (C=O) groups excluding carboxylic acids is 3. The van der Waals surface area contributed by atoms with Crippen molar-refractivity contribution in [3.63, 3.8) is 0 Å². The van der Waals surface area contributed by atoms with E-state index in [9.17, 15) is 32.4 Å². The Morgan fingerprint density at radius 1 is 1.04 bits per heavy atom. The van der Waals surface area contributed by atoms with Gasteiger partial charge in [-0.05, 0) is 34.6 Å². The molecule has 20 heteroatoms. The monoisotopic (exact) mass is 754 g/mol. The van der Waals surface area contributed by atoms with Gasteiger partial charge in [0.15, 0.2) is 52.3 Å². The van der Waals surface area contributed by atoms with Gasteiger partial charge in [-0.15, -0.1) is 0 Å². The third-order valence-corrected chi connectivity index (χ3v) is 8.70. The molecule has 2 aliphatic heterocycles. The fourth-order valence-corrected chi connectivity index (χ4v) is 6.42. The number of imidazole rings is 1. The van der Waals surface area contributed by atoms with Crippen LogP contribution in [0.4, 0.5) is 10.6 Å². The van der Waals surface area contributed by atoms with Gasteiger partial charge in [-0.2, -0.15) is 8.42 Å². The SMILES string of the molecule is COc1c(-c2ccccc2C(=O)CCC(=O)NS(=O)(=O)O/C=C2/O[C@@H](n3cnc4c(NC(=O)OC(C)(C)C)ncnc43)[C@@H]3OC(C)(C)O[C@H]23)c(=O)c1=O. The number of rotatable bonds is 11. The van der Waals surface area contributed by atoms with E-state index < -0.39 is 81.6 Å². The first kappa shape index (κ1) is 37.0. The summed E-state index contributed by atoms with van der Waals surface area (Å²) >= 11 is 0. The average Bonchev–Trinajstić information content (AvgIpc) is 3.74. The summed E-state index contributed by atoms with van der Waals surface area (Å²) < 4.78 is 62.1. The Morgan fingerprint density at radius 3 is 2.49 bits per heavy atom. The van der Waals surface area contributed by atoms with Crippen LogP contribution in [0, 0.1) is 0 Å². The molecule has 19 nitrogen and oxygen atoms in total. The van der Waals surface area contributed by atoms with E-state index in [0.29, 0.717) is 0 Å². The predicted octanol–water partition coefficient (Wildman–Crippen LogP) is 2.38. The van der Waals surface area contributed by atoms with E-state index in [0.717, 1.165) is 6.26 Å². The molecule has 0 aliphatic carbocycles. The molecule has 280 valence electrons. The van der Waals surface area contributed by atoms with Gasteiger partial charge in [0, 0.05) is 24.0 Å². The van der Waals surface area contributed by atoms with Crippen LogP contribution in [-0.4, -0.2) is 76.4 Å². The van der Waals surface area contributed by atoms with Crippen molar-refractivity contribution >= 4 is 45.1 Å². The van der Waals surface area contributed by atoms with Crippen LogP contribution in [0.15, 0.2) is 58.5 Å². The molecule has 2 aromatic heterocycles. The fraction of sp³-hybridized carbons (Fsp3) is 0.394. The highest BCUT2D eigenvalue weighted by Crippen LogP contribution is 2.45. The number of fused-ring (bicyclic) bond motifs is 2. The lowest BCUT2D eigenvalue weighted by atomic mass is 9.92. The van der Waals surface area contributed by atoms with Gasteiger partial charge in [-0.25, -0.2) is 24.5 Å². The standard InChI is InChI=1S/C33H34N6O13S/c1-32(2,3)52-31(44)37-28-22-29(35-14-34-28)39(15-36-22)30-27-25(50-33(4,5)51-27)19(49-30)13-48-53(45,46)38-20(41)12-11-18(40)16-9-7-8-10-17(16)21-23(42)24(43)26(21)47-6/h7-10,13-15,25,27,30H,11-12H2,1-6H3,(H,38,41)(H,34,35,37,44)/b19-13+/t25-,27-,30-/m1/s1. The summed E-state index contributed by atoms with van der Waals surface area (Å²) in [4.78, 5) is 74.8. The number of methoxy groups -OCH3 is 1. The number of anilines is 1. The first-order valence-corrected chi connectivity index (χ1v) is 17.4. The number of benzene rings is 1. The summed E-state index contributed by atoms with van der Waals surface area (Å²) in [5.41, 5.74) is -1.82. The van der Waals surface area contributed by atoms with E-state index in [2.05, 4.69) is 20.3 Å². The molecule has 2 fully saturated rings. The summed E-state index contributed by atoms with van der Waals surface area (Å²) in [6, 6.07) is 5.97. The molecule has 0 radical (unpaired) electrons. The van der Waals surface area contributed by atoms with Crippen molar-refractivity contribution in [2.24, 2.45) is 0 Å². The first-order chi connectivity index (χ1) is 24.9. The Bertz CT molecular complexity index is 2340. The molecule has 0 saturated carbocycles. The topological polar surface area (TPSA) is 243 Å². The number of carbonyl (C=O) groups is 3. The van der Waals surface area contributed by atoms with Gasteiger partial charge in [-0.3, -0.25) is 29.1 Å². The third kappa shape index (κ3) is 7.59. The molecule has 2 amide bonds. The maximum absolute atomic E-state index is 13.0. The average molecular weight is 755 g/mol. The van der Waals surface area contributed by atoms with Crippen molar-refractivity contribution in [3.05, 3.63) is 75.0 Å². The summed E-state index contributed by atoms with van der Waals surface area (Å²) in [6.45, 7) is 8.41. The van der Waals surface area contributed by atoms with Crippen molar-refractivity contribution in [1.29, 1.82) is 0 Å². The minimum Gasteiger partial charge on any atom is -0.492 e. The molecule has 6 rings (SSSR count). The lowest BCUT2D eigenvalue weighted by Gasteiger charge is -2.23. The highest BCUT2D eigenvalue weighted by Gasteiger charge is 2.55. The molecule has 2 aromatic carbocycles. The van der Waals surface area contributed by atoms with Crippen LogP contribution in [0.25, 0.3) is 22.3 Å². The molecule has 0 bridgehead atoms. The summed E-state index contributed by atoms with van der Waals surface area (Å²) in [5, 5.41) is 2.54. The molecular weight excluding hydrogens is 720 g/mol. The molecule has 0 unspecified atom stereocenters. The smallest absolute Gasteiger partial charge is 0.413 e. The maximum atomic E-state index is 13.0. The van der Waals surface area contributed by atoms with Crippen LogP contribution in [-0.2, 0) is 38.2 Å². The van der Waals surface area contributed by atoms with E-state index in [-0.39, 0.29) is 45.2 Å². The van der Waals surface area contributed by atoms with Gasteiger partial charge in [0.2, 0.25) is 17.6 Å². The zero-order chi connectivity index (χ0) is 38.5. The third-order valence-electron chi connectivity index (χ3n) is 7.88. The van der Waals surface area contributed by atoms with Gasteiger partial charge in [0.1, 0.15) is 24.5 Å². The predicted molar refractivity (Wildman–Crippen MR) is 182 cm³/mol. The highest BCUT2D eigenvalue weighted by molar-refractivity contribution is 7.85. The van der Waals surface area contributed by atoms with E-state index in [1.54, 1.807) is 45.4 Å². The van der Waals surface area contributed by atoms with Crippen LogP contribution in [0.2, 0.25) is 0 Å². The zero-order valence-electron chi connectivity index (χ0n) is 29.2. The van der Waals surface area contributed by atoms with Crippen molar-refractivity contribution in [2.45, 2.75) is 77.3 Å². The van der Waals surface area contributed by atoms with E-state index in [1.165, 1.54) is 42.5 Å².